The predicted molar refractivity (Wildman–Crippen MR) is 82.4 cm³/mol. The van der Waals surface area contributed by atoms with Crippen LogP contribution >= 0.6 is 12.2 Å². The predicted octanol–water partition coefficient (Wildman–Crippen LogP) is 1.48. The molecule has 2 rings (SSSR count). The first kappa shape index (κ1) is 14.9. The molecule has 1 aromatic carbocycles. The van der Waals surface area contributed by atoms with Gasteiger partial charge in [0, 0.05) is 0 Å². The third kappa shape index (κ3) is 3.55. The molecule has 1 aliphatic rings. The molecule has 1 saturated carbocycles. The van der Waals surface area contributed by atoms with Gasteiger partial charge in [0.1, 0.15) is 5.92 Å². The first-order valence-corrected chi connectivity index (χ1v) is 7.33. The molecule has 20 heavy (non-hydrogen) atoms. The average molecular weight is 292 g/mol. The molecule has 1 aliphatic carbocycles. The lowest BCUT2D eigenvalue weighted by Gasteiger charge is -2.29. The summed E-state index contributed by atoms with van der Waals surface area (Å²) in [6.45, 7) is 0. The fourth-order valence-corrected chi connectivity index (χ4v) is 2.88. The second-order valence-electron chi connectivity index (χ2n) is 5.21. The Morgan fingerprint density at radius 2 is 1.95 bits per heavy atom. The lowest BCUT2D eigenvalue weighted by molar-refractivity contribution is -0.123. The number of amides is 1. The molecule has 4 N–H and O–H groups in total. The molecule has 0 heterocycles. The summed E-state index contributed by atoms with van der Waals surface area (Å²) >= 11 is 5.03. The highest BCUT2D eigenvalue weighted by molar-refractivity contribution is 7.80. The van der Waals surface area contributed by atoms with Gasteiger partial charge in [-0.1, -0.05) is 55.4 Å². The van der Waals surface area contributed by atoms with Gasteiger partial charge in [0.25, 0.3) is 0 Å². The zero-order valence-corrected chi connectivity index (χ0v) is 12.1. The number of carbonyl (C=O) groups is 1. The van der Waals surface area contributed by atoms with E-state index < -0.39 is 12.0 Å². The van der Waals surface area contributed by atoms with Gasteiger partial charge in [-0.25, -0.2) is 0 Å². The number of nitrogens with two attached hydrogens (primary N) is 1. The number of nitrogens with one attached hydrogen (secondary N) is 1. The fourth-order valence-electron chi connectivity index (χ4n) is 2.64. The van der Waals surface area contributed by atoms with E-state index in [9.17, 15) is 9.90 Å². The molecule has 1 aromatic rings. The molecule has 3 atom stereocenters. The van der Waals surface area contributed by atoms with Gasteiger partial charge in [-0.2, -0.15) is 0 Å². The third-order valence-corrected chi connectivity index (χ3v) is 3.97. The van der Waals surface area contributed by atoms with Gasteiger partial charge in [0.2, 0.25) is 5.91 Å². The van der Waals surface area contributed by atoms with E-state index >= 15 is 0 Å². The van der Waals surface area contributed by atoms with Gasteiger partial charge in [-0.3, -0.25) is 4.79 Å². The van der Waals surface area contributed by atoms with Crippen molar-refractivity contribution in [1.29, 1.82) is 0 Å². The van der Waals surface area contributed by atoms with Crippen LogP contribution in [0.4, 0.5) is 0 Å². The summed E-state index contributed by atoms with van der Waals surface area (Å²) in [6.07, 6.45) is 3.07. The topological polar surface area (TPSA) is 75.4 Å². The summed E-state index contributed by atoms with van der Waals surface area (Å²) in [6, 6.07) is 9.05. The standard InChI is InChI=1S/C15H20N2O2S/c16-14(20)13(10-6-2-1-3-7-10)15(19)17-11-8-4-5-9-12(11)18/h1-3,6-7,11-13,18H,4-5,8-9H2,(H2,16,20)(H,17,19). The first-order chi connectivity index (χ1) is 9.59. The molecule has 0 bridgehead atoms. The second kappa shape index (κ2) is 6.81. The molecular weight excluding hydrogens is 272 g/mol. The quantitative estimate of drug-likeness (QED) is 0.735. The number of hydrogen-bond acceptors (Lipinski definition) is 3. The molecule has 5 heteroatoms. The van der Waals surface area contributed by atoms with Crippen LogP contribution in [0.2, 0.25) is 0 Å². The zero-order chi connectivity index (χ0) is 14.5. The van der Waals surface area contributed by atoms with E-state index in [1.54, 1.807) is 0 Å². The lowest BCUT2D eigenvalue weighted by Crippen LogP contribution is -2.48. The molecule has 1 fully saturated rings. The van der Waals surface area contributed by atoms with Crippen LogP contribution in [0.1, 0.15) is 37.2 Å². The monoisotopic (exact) mass is 292 g/mol. The maximum absolute atomic E-state index is 12.4. The number of thiocarbonyl (C=S) groups is 1. The largest absolute Gasteiger partial charge is 0.392 e. The van der Waals surface area contributed by atoms with Gasteiger partial charge in [0.15, 0.2) is 0 Å². The SMILES string of the molecule is NC(=S)C(C(=O)NC1CCCCC1O)c1ccccc1. The van der Waals surface area contributed by atoms with E-state index in [2.05, 4.69) is 5.32 Å². The van der Waals surface area contributed by atoms with Crippen LogP contribution in [0.15, 0.2) is 30.3 Å². The Bertz CT molecular complexity index is 478. The smallest absolute Gasteiger partial charge is 0.234 e. The molecule has 4 nitrogen and oxygen atoms in total. The van der Waals surface area contributed by atoms with E-state index in [1.807, 2.05) is 30.3 Å². The zero-order valence-electron chi connectivity index (χ0n) is 11.3. The normalized spacial score (nSPS) is 23.9. The minimum atomic E-state index is -0.639. The van der Waals surface area contributed by atoms with Crippen LogP contribution in [-0.2, 0) is 4.79 Å². The van der Waals surface area contributed by atoms with Crippen molar-refractivity contribution >= 4 is 23.1 Å². The summed E-state index contributed by atoms with van der Waals surface area (Å²) in [5.74, 6) is -0.866. The van der Waals surface area contributed by atoms with Crippen LogP contribution in [0.25, 0.3) is 0 Å². The van der Waals surface area contributed by atoms with E-state index in [0.717, 1.165) is 31.2 Å². The molecule has 0 saturated heterocycles. The van der Waals surface area contributed by atoms with Gasteiger partial charge in [-0.05, 0) is 18.4 Å². The molecule has 0 radical (unpaired) electrons. The molecule has 3 unspecified atom stereocenters. The van der Waals surface area contributed by atoms with Crippen LogP contribution < -0.4 is 11.1 Å². The number of aliphatic hydroxyl groups excluding tert-OH is 1. The van der Waals surface area contributed by atoms with Crippen LogP contribution in [0.3, 0.4) is 0 Å². The van der Waals surface area contributed by atoms with Crippen LogP contribution in [0.5, 0.6) is 0 Å². The number of carbonyl (C=O) groups excluding carboxylic acids is 1. The Balaban J connectivity index is 2.10. The van der Waals surface area contributed by atoms with Crippen molar-refractivity contribution in [2.24, 2.45) is 5.73 Å². The highest BCUT2D eigenvalue weighted by Gasteiger charge is 2.29. The molecular formula is C15H20N2O2S. The summed E-state index contributed by atoms with van der Waals surface area (Å²) in [5.41, 5.74) is 6.50. The maximum Gasteiger partial charge on any atom is 0.234 e. The summed E-state index contributed by atoms with van der Waals surface area (Å²) in [4.78, 5) is 12.6. The minimum Gasteiger partial charge on any atom is -0.392 e. The maximum atomic E-state index is 12.4. The van der Waals surface area contributed by atoms with E-state index in [-0.39, 0.29) is 16.9 Å². The number of rotatable bonds is 4. The van der Waals surface area contributed by atoms with Crippen molar-refractivity contribution in [1.82, 2.24) is 5.32 Å². The van der Waals surface area contributed by atoms with Crippen LogP contribution in [0, 0.1) is 0 Å². The van der Waals surface area contributed by atoms with Gasteiger partial charge < -0.3 is 16.2 Å². The number of benzene rings is 1. The van der Waals surface area contributed by atoms with Crippen molar-refractivity contribution < 1.29 is 9.90 Å². The minimum absolute atomic E-state index is 0.152. The Kier molecular flexibility index (Phi) is 5.09. The summed E-state index contributed by atoms with van der Waals surface area (Å²) in [7, 11) is 0. The summed E-state index contributed by atoms with van der Waals surface area (Å²) < 4.78 is 0. The van der Waals surface area contributed by atoms with E-state index in [4.69, 9.17) is 18.0 Å². The molecule has 0 spiro atoms. The van der Waals surface area contributed by atoms with Crippen molar-refractivity contribution in [2.75, 3.05) is 0 Å². The highest BCUT2D eigenvalue weighted by atomic mass is 32.1. The van der Waals surface area contributed by atoms with Gasteiger partial charge in [-0.15, -0.1) is 0 Å². The Morgan fingerprint density at radius 1 is 1.30 bits per heavy atom. The third-order valence-electron chi connectivity index (χ3n) is 3.74. The average Bonchev–Trinajstić information content (AvgIpc) is 2.42. The highest BCUT2D eigenvalue weighted by Crippen LogP contribution is 2.21. The van der Waals surface area contributed by atoms with Gasteiger partial charge >= 0.3 is 0 Å². The van der Waals surface area contributed by atoms with Crippen molar-refractivity contribution in [3.63, 3.8) is 0 Å². The Labute approximate surface area is 124 Å². The first-order valence-electron chi connectivity index (χ1n) is 6.92. The van der Waals surface area contributed by atoms with Gasteiger partial charge in [0.05, 0.1) is 17.1 Å². The van der Waals surface area contributed by atoms with E-state index in [0.29, 0.717) is 0 Å². The van der Waals surface area contributed by atoms with Crippen molar-refractivity contribution in [3.8, 4) is 0 Å². The van der Waals surface area contributed by atoms with E-state index in [1.165, 1.54) is 0 Å². The van der Waals surface area contributed by atoms with Crippen molar-refractivity contribution in [2.45, 2.75) is 43.7 Å². The number of aliphatic hydroxyl groups is 1. The lowest BCUT2D eigenvalue weighted by atomic mass is 9.91. The Hall–Kier alpha value is -1.46. The molecule has 0 aliphatic heterocycles. The van der Waals surface area contributed by atoms with Crippen molar-refractivity contribution in [3.05, 3.63) is 35.9 Å². The van der Waals surface area contributed by atoms with Crippen LogP contribution in [-0.4, -0.2) is 28.1 Å². The molecule has 0 aromatic heterocycles. The summed E-state index contributed by atoms with van der Waals surface area (Å²) in [5, 5.41) is 12.8. The second-order valence-corrected chi connectivity index (χ2v) is 5.68. The molecule has 108 valence electrons. The number of hydrogen-bond donors (Lipinski definition) is 3. The fraction of sp³-hybridized carbons (Fsp3) is 0.467. The molecule has 1 amide bonds. The Morgan fingerprint density at radius 3 is 2.55 bits per heavy atom.